The minimum atomic E-state index is -4.87. The van der Waals surface area contributed by atoms with Crippen molar-refractivity contribution in [3.8, 4) is 0 Å². The molecular formula is C14H14F3NO3. The summed E-state index contributed by atoms with van der Waals surface area (Å²) >= 11 is 0. The third kappa shape index (κ3) is 3.01. The van der Waals surface area contributed by atoms with Gasteiger partial charge in [-0.3, -0.25) is 4.79 Å². The average molecular weight is 301 g/mol. The Balaban J connectivity index is 2.30. The van der Waals surface area contributed by atoms with Crippen LogP contribution in [0.15, 0.2) is 18.2 Å². The molecule has 0 aliphatic carbocycles. The second-order valence-electron chi connectivity index (χ2n) is 4.99. The van der Waals surface area contributed by atoms with Gasteiger partial charge in [-0.2, -0.15) is 13.2 Å². The summed E-state index contributed by atoms with van der Waals surface area (Å²) in [4.78, 5) is 23.6. The van der Waals surface area contributed by atoms with Crippen molar-refractivity contribution in [2.45, 2.75) is 25.6 Å². The molecule has 1 aromatic carbocycles. The van der Waals surface area contributed by atoms with Crippen LogP contribution >= 0.6 is 0 Å². The fourth-order valence-electron chi connectivity index (χ4n) is 2.48. The zero-order valence-electron chi connectivity index (χ0n) is 11.5. The Kier molecular flexibility index (Phi) is 3.93. The van der Waals surface area contributed by atoms with Crippen molar-refractivity contribution in [3.63, 3.8) is 0 Å². The molecule has 0 N–H and O–H groups in total. The molecule has 0 radical (unpaired) electrons. The predicted molar refractivity (Wildman–Crippen MR) is 67.7 cm³/mol. The number of benzene rings is 1. The summed E-state index contributed by atoms with van der Waals surface area (Å²) in [5.74, 6) is -2.62. The number of ether oxygens (including phenoxy) is 1. The van der Waals surface area contributed by atoms with Crippen LogP contribution in [0.1, 0.15) is 34.3 Å². The van der Waals surface area contributed by atoms with E-state index in [9.17, 15) is 22.8 Å². The summed E-state index contributed by atoms with van der Waals surface area (Å²) in [6.45, 7) is 1.57. The smallest absolute Gasteiger partial charge is 0.465 e. The topological polar surface area (TPSA) is 46.6 Å². The number of nitrogens with zero attached hydrogens (tertiary/aromatic N) is 1. The molecule has 1 aromatic rings. The molecule has 2 rings (SSSR count). The van der Waals surface area contributed by atoms with Crippen LogP contribution in [0.3, 0.4) is 0 Å². The number of alkyl halides is 3. The van der Waals surface area contributed by atoms with Gasteiger partial charge in [0.05, 0.1) is 12.7 Å². The van der Waals surface area contributed by atoms with Gasteiger partial charge in [-0.15, -0.1) is 0 Å². The van der Waals surface area contributed by atoms with Crippen molar-refractivity contribution in [1.82, 2.24) is 4.90 Å². The Morgan fingerprint density at radius 3 is 2.57 bits per heavy atom. The molecule has 0 saturated heterocycles. The number of esters is 1. The summed E-state index contributed by atoms with van der Waals surface area (Å²) in [6, 6.07) is 4.66. The maximum Gasteiger partial charge on any atom is 0.471 e. The zero-order valence-corrected chi connectivity index (χ0v) is 11.5. The molecule has 1 heterocycles. The van der Waals surface area contributed by atoms with Gasteiger partial charge < -0.3 is 9.64 Å². The highest BCUT2D eigenvalue weighted by atomic mass is 19.4. The Bertz CT molecular complexity index is 583. The Labute approximate surface area is 119 Å². The van der Waals surface area contributed by atoms with Crippen LogP contribution in [0.4, 0.5) is 13.2 Å². The van der Waals surface area contributed by atoms with Crippen LogP contribution in [0, 0.1) is 0 Å². The Hall–Kier alpha value is -2.05. The van der Waals surface area contributed by atoms with Crippen molar-refractivity contribution in [2.24, 2.45) is 0 Å². The predicted octanol–water partition coefficient (Wildman–Crippen LogP) is 2.48. The molecule has 0 fully saturated rings. The maximum atomic E-state index is 12.5. The number of hydrogen-bond donors (Lipinski definition) is 0. The SMILES string of the molecule is COC(=O)c1ccc2c(c1)C(C)CN(C(=O)C(F)(F)F)C2. The molecule has 1 unspecified atom stereocenters. The molecule has 1 amide bonds. The number of fused-ring (bicyclic) bond motifs is 1. The van der Waals surface area contributed by atoms with E-state index in [1.807, 2.05) is 0 Å². The summed E-state index contributed by atoms with van der Waals surface area (Å²) in [5, 5.41) is 0. The van der Waals surface area contributed by atoms with Crippen LogP contribution < -0.4 is 0 Å². The molecule has 1 atom stereocenters. The van der Waals surface area contributed by atoms with Crippen molar-refractivity contribution in [2.75, 3.05) is 13.7 Å². The van der Waals surface area contributed by atoms with Gasteiger partial charge in [-0.1, -0.05) is 13.0 Å². The van der Waals surface area contributed by atoms with Crippen molar-refractivity contribution < 1.29 is 27.5 Å². The number of hydrogen-bond acceptors (Lipinski definition) is 3. The summed E-state index contributed by atoms with van der Waals surface area (Å²) in [5.41, 5.74) is 1.72. The normalized spacial score (nSPS) is 18.1. The number of halogens is 3. The van der Waals surface area contributed by atoms with E-state index < -0.39 is 18.1 Å². The highest BCUT2D eigenvalue weighted by Crippen LogP contribution is 2.31. The number of amides is 1. The van der Waals surface area contributed by atoms with Crippen molar-refractivity contribution >= 4 is 11.9 Å². The molecule has 1 aliphatic heterocycles. The van der Waals surface area contributed by atoms with Gasteiger partial charge >= 0.3 is 18.1 Å². The van der Waals surface area contributed by atoms with E-state index in [0.717, 1.165) is 10.5 Å². The molecule has 4 nitrogen and oxygen atoms in total. The minimum Gasteiger partial charge on any atom is -0.465 e. The number of methoxy groups -OCH3 is 1. The molecule has 0 bridgehead atoms. The number of carbonyl (C=O) groups excluding carboxylic acids is 2. The van der Waals surface area contributed by atoms with Crippen molar-refractivity contribution in [3.05, 3.63) is 34.9 Å². The molecule has 114 valence electrons. The second kappa shape index (κ2) is 5.38. The standard InChI is InChI=1S/C14H14F3NO3/c1-8-6-18(13(20)14(15,16)17)7-10-4-3-9(5-11(8)10)12(19)21-2/h3-5,8H,6-7H2,1-2H3. The van der Waals surface area contributed by atoms with E-state index >= 15 is 0 Å². The lowest BCUT2D eigenvalue weighted by Crippen LogP contribution is -2.44. The molecule has 0 saturated carbocycles. The monoisotopic (exact) mass is 301 g/mol. The summed E-state index contributed by atoms with van der Waals surface area (Å²) in [7, 11) is 1.26. The van der Waals surface area contributed by atoms with Gasteiger partial charge in [0, 0.05) is 13.1 Å². The molecule has 1 aliphatic rings. The van der Waals surface area contributed by atoms with E-state index in [4.69, 9.17) is 0 Å². The second-order valence-corrected chi connectivity index (χ2v) is 4.99. The average Bonchev–Trinajstić information content (AvgIpc) is 2.44. The van der Waals surface area contributed by atoms with Gasteiger partial charge in [0.15, 0.2) is 0 Å². The number of rotatable bonds is 1. The molecule has 21 heavy (non-hydrogen) atoms. The fraction of sp³-hybridized carbons (Fsp3) is 0.429. The first-order chi connectivity index (χ1) is 9.74. The van der Waals surface area contributed by atoms with Crippen molar-refractivity contribution in [1.29, 1.82) is 0 Å². The largest absolute Gasteiger partial charge is 0.471 e. The van der Waals surface area contributed by atoms with Gasteiger partial charge in [0.2, 0.25) is 0 Å². The molecular weight excluding hydrogens is 287 g/mol. The maximum absolute atomic E-state index is 12.5. The summed E-state index contributed by atoms with van der Waals surface area (Å²) in [6.07, 6.45) is -4.87. The Morgan fingerprint density at radius 2 is 2.00 bits per heavy atom. The van der Waals surface area contributed by atoms with Crippen LogP contribution in [0.5, 0.6) is 0 Å². The first kappa shape index (κ1) is 15.3. The van der Waals surface area contributed by atoms with E-state index in [-0.39, 0.29) is 19.0 Å². The van der Waals surface area contributed by atoms with E-state index in [1.165, 1.54) is 13.2 Å². The fourth-order valence-corrected chi connectivity index (χ4v) is 2.48. The lowest BCUT2D eigenvalue weighted by atomic mass is 9.89. The zero-order chi connectivity index (χ0) is 15.8. The van der Waals surface area contributed by atoms with Gasteiger partial charge in [0.25, 0.3) is 0 Å². The van der Waals surface area contributed by atoms with Gasteiger partial charge in [0.1, 0.15) is 0 Å². The Morgan fingerprint density at radius 1 is 1.33 bits per heavy atom. The quantitative estimate of drug-likeness (QED) is 0.749. The first-order valence-electron chi connectivity index (χ1n) is 6.31. The first-order valence-corrected chi connectivity index (χ1v) is 6.31. The highest BCUT2D eigenvalue weighted by Gasteiger charge is 2.44. The third-order valence-electron chi connectivity index (χ3n) is 3.48. The van der Waals surface area contributed by atoms with Crippen LogP contribution in [0.2, 0.25) is 0 Å². The minimum absolute atomic E-state index is 0.0318. The van der Waals surface area contributed by atoms with Crippen LogP contribution in [0.25, 0.3) is 0 Å². The summed E-state index contributed by atoms with van der Waals surface area (Å²) < 4.78 is 42.1. The van der Waals surface area contributed by atoms with Crippen LogP contribution in [-0.4, -0.2) is 36.6 Å². The third-order valence-corrected chi connectivity index (χ3v) is 3.48. The molecule has 7 heteroatoms. The van der Waals surface area contributed by atoms with E-state index in [2.05, 4.69) is 4.74 Å². The van der Waals surface area contributed by atoms with Crippen LogP contribution in [-0.2, 0) is 16.1 Å². The van der Waals surface area contributed by atoms with E-state index in [1.54, 1.807) is 19.1 Å². The van der Waals surface area contributed by atoms with Gasteiger partial charge in [-0.25, -0.2) is 4.79 Å². The highest BCUT2D eigenvalue weighted by molar-refractivity contribution is 5.89. The van der Waals surface area contributed by atoms with E-state index in [0.29, 0.717) is 11.1 Å². The molecule has 0 spiro atoms. The molecule has 0 aromatic heterocycles. The lowest BCUT2D eigenvalue weighted by Gasteiger charge is -2.33. The van der Waals surface area contributed by atoms with Gasteiger partial charge in [-0.05, 0) is 29.2 Å². The lowest BCUT2D eigenvalue weighted by molar-refractivity contribution is -0.186. The number of carbonyl (C=O) groups is 2.